The first kappa shape index (κ1) is 15.7. The highest BCUT2D eigenvalue weighted by Gasteiger charge is 2.22. The summed E-state index contributed by atoms with van der Waals surface area (Å²) in [4.78, 5) is 11.9. The largest absolute Gasteiger partial charge is 0.478 e. The highest BCUT2D eigenvalue weighted by atomic mass is 32.2. The standard InChI is InChI=1S/C14H15NO4S2/c1-10-6-7-20-13(10)9-15(2)21(18,19)12-5-3-4-11(8-12)14(16)17/h3-8H,9H2,1-2H3,(H,16,17). The number of carboxylic acids is 1. The van der Waals surface area contributed by atoms with Crippen LogP contribution in [0.2, 0.25) is 0 Å². The molecule has 2 rings (SSSR count). The second-order valence-electron chi connectivity index (χ2n) is 4.62. The first-order valence-corrected chi connectivity index (χ1v) is 8.47. The van der Waals surface area contributed by atoms with Crippen molar-refractivity contribution in [2.24, 2.45) is 0 Å². The maximum absolute atomic E-state index is 12.5. The third-order valence-corrected chi connectivity index (χ3v) is 5.93. The van der Waals surface area contributed by atoms with Gasteiger partial charge in [0.15, 0.2) is 0 Å². The highest BCUT2D eigenvalue weighted by molar-refractivity contribution is 7.89. The van der Waals surface area contributed by atoms with Gasteiger partial charge in [-0.3, -0.25) is 0 Å². The number of carboxylic acid groups (broad SMARTS) is 1. The van der Waals surface area contributed by atoms with Crippen molar-refractivity contribution >= 4 is 27.3 Å². The van der Waals surface area contributed by atoms with Crippen LogP contribution in [0, 0.1) is 6.92 Å². The fourth-order valence-electron chi connectivity index (χ4n) is 1.82. The van der Waals surface area contributed by atoms with Crippen molar-refractivity contribution in [3.63, 3.8) is 0 Å². The minimum absolute atomic E-state index is 0.0147. The fraction of sp³-hybridized carbons (Fsp3) is 0.214. The lowest BCUT2D eigenvalue weighted by Gasteiger charge is -2.17. The number of thiophene rings is 1. The molecule has 0 spiro atoms. The Balaban J connectivity index is 2.31. The summed E-state index contributed by atoms with van der Waals surface area (Å²) in [7, 11) is -2.22. The molecule has 0 aliphatic heterocycles. The third kappa shape index (κ3) is 3.31. The molecule has 112 valence electrons. The van der Waals surface area contributed by atoms with E-state index in [0.717, 1.165) is 10.4 Å². The van der Waals surface area contributed by atoms with E-state index in [9.17, 15) is 13.2 Å². The molecule has 2 aromatic rings. The molecule has 0 radical (unpaired) electrons. The second-order valence-corrected chi connectivity index (χ2v) is 7.67. The first-order valence-electron chi connectivity index (χ1n) is 6.15. The number of benzene rings is 1. The van der Waals surface area contributed by atoms with Gasteiger partial charge in [-0.15, -0.1) is 11.3 Å². The number of rotatable bonds is 5. The Morgan fingerprint density at radius 2 is 2.05 bits per heavy atom. The quantitative estimate of drug-likeness (QED) is 0.917. The summed E-state index contributed by atoms with van der Waals surface area (Å²) in [5.41, 5.74) is 0.998. The molecule has 1 N–H and O–H groups in total. The molecule has 0 amide bonds. The molecule has 1 aromatic heterocycles. The van der Waals surface area contributed by atoms with Crippen LogP contribution in [0.15, 0.2) is 40.6 Å². The minimum Gasteiger partial charge on any atom is -0.478 e. The predicted octanol–water partition coefficient (Wildman–Crippen LogP) is 2.58. The number of aryl methyl sites for hydroxylation is 1. The fourth-order valence-corrected chi connectivity index (χ4v) is 4.05. The van der Waals surface area contributed by atoms with Gasteiger partial charge in [-0.1, -0.05) is 6.07 Å². The SMILES string of the molecule is Cc1ccsc1CN(C)S(=O)(=O)c1cccc(C(=O)O)c1. The van der Waals surface area contributed by atoms with E-state index in [1.807, 2.05) is 18.4 Å². The monoisotopic (exact) mass is 325 g/mol. The highest BCUT2D eigenvalue weighted by Crippen LogP contribution is 2.22. The normalized spacial score (nSPS) is 11.8. The lowest BCUT2D eigenvalue weighted by atomic mass is 10.2. The van der Waals surface area contributed by atoms with Crippen LogP contribution in [0.4, 0.5) is 0 Å². The van der Waals surface area contributed by atoms with E-state index in [4.69, 9.17) is 5.11 Å². The molecule has 7 heteroatoms. The average molecular weight is 325 g/mol. The number of sulfonamides is 1. The Labute approximate surface area is 127 Å². The molecule has 0 fully saturated rings. The van der Waals surface area contributed by atoms with Crippen molar-refractivity contribution in [2.75, 3.05) is 7.05 Å². The maximum atomic E-state index is 12.5. The summed E-state index contributed by atoms with van der Waals surface area (Å²) in [5, 5.41) is 10.9. The molecular formula is C14H15NO4S2. The number of carbonyl (C=O) groups is 1. The van der Waals surface area contributed by atoms with Crippen LogP contribution in [-0.2, 0) is 16.6 Å². The number of hydrogen-bond donors (Lipinski definition) is 1. The van der Waals surface area contributed by atoms with Gasteiger partial charge in [0, 0.05) is 18.5 Å². The van der Waals surface area contributed by atoms with Crippen LogP contribution in [0.5, 0.6) is 0 Å². The van der Waals surface area contributed by atoms with Crippen molar-refractivity contribution in [3.8, 4) is 0 Å². The number of aromatic carboxylic acids is 1. The van der Waals surface area contributed by atoms with E-state index in [0.29, 0.717) is 0 Å². The maximum Gasteiger partial charge on any atom is 0.335 e. The zero-order valence-electron chi connectivity index (χ0n) is 11.6. The van der Waals surface area contributed by atoms with Crippen molar-refractivity contribution < 1.29 is 18.3 Å². The van der Waals surface area contributed by atoms with E-state index < -0.39 is 16.0 Å². The van der Waals surface area contributed by atoms with Crippen molar-refractivity contribution in [1.82, 2.24) is 4.31 Å². The average Bonchev–Trinajstić information content (AvgIpc) is 2.84. The van der Waals surface area contributed by atoms with Crippen LogP contribution < -0.4 is 0 Å². The Bertz CT molecular complexity index is 765. The molecule has 0 atom stereocenters. The Hall–Kier alpha value is -1.70. The van der Waals surface area contributed by atoms with Crippen LogP contribution >= 0.6 is 11.3 Å². The summed E-state index contributed by atoms with van der Waals surface area (Å²) in [6.07, 6.45) is 0. The van der Waals surface area contributed by atoms with Gasteiger partial charge < -0.3 is 5.11 Å². The van der Waals surface area contributed by atoms with Gasteiger partial charge in [0.2, 0.25) is 10.0 Å². The molecule has 0 bridgehead atoms. The zero-order chi connectivity index (χ0) is 15.6. The molecule has 0 saturated carbocycles. The third-order valence-electron chi connectivity index (χ3n) is 3.12. The molecule has 0 aliphatic rings. The topological polar surface area (TPSA) is 74.7 Å². The lowest BCUT2D eigenvalue weighted by molar-refractivity contribution is 0.0696. The zero-order valence-corrected chi connectivity index (χ0v) is 13.2. The summed E-state index contributed by atoms with van der Waals surface area (Å²) in [6, 6.07) is 7.31. The molecule has 1 aromatic carbocycles. The Morgan fingerprint density at radius 1 is 1.33 bits per heavy atom. The summed E-state index contributed by atoms with van der Waals surface area (Å²) >= 11 is 1.50. The van der Waals surface area contributed by atoms with Crippen LogP contribution in [0.25, 0.3) is 0 Å². The van der Waals surface area contributed by atoms with Crippen LogP contribution in [-0.4, -0.2) is 30.8 Å². The number of hydrogen-bond acceptors (Lipinski definition) is 4. The van der Waals surface area contributed by atoms with E-state index in [-0.39, 0.29) is 17.0 Å². The molecule has 0 saturated heterocycles. The molecule has 21 heavy (non-hydrogen) atoms. The summed E-state index contributed by atoms with van der Waals surface area (Å²) in [5.74, 6) is -1.15. The second kappa shape index (κ2) is 5.97. The van der Waals surface area contributed by atoms with Gasteiger partial charge in [0.1, 0.15) is 0 Å². The molecule has 1 heterocycles. The van der Waals surface area contributed by atoms with Gasteiger partial charge >= 0.3 is 5.97 Å². The molecular weight excluding hydrogens is 310 g/mol. The Kier molecular flexibility index (Phi) is 4.46. The van der Waals surface area contributed by atoms with Crippen LogP contribution in [0.1, 0.15) is 20.8 Å². The summed E-state index contributed by atoms with van der Waals surface area (Å²) in [6.45, 7) is 2.19. The van der Waals surface area contributed by atoms with Gasteiger partial charge in [0.25, 0.3) is 0 Å². The van der Waals surface area contributed by atoms with E-state index in [1.165, 1.54) is 47.0 Å². The smallest absolute Gasteiger partial charge is 0.335 e. The van der Waals surface area contributed by atoms with Crippen molar-refractivity contribution in [2.45, 2.75) is 18.4 Å². The van der Waals surface area contributed by atoms with Gasteiger partial charge in [0.05, 0.1) is 10.5 Å². The van der Waals surface area contributed by atoms with Gasteiger partial charge in [-0.05, 0) is 42.1 Å². The Morgan fingerprint density at radius 3 is 2.62 bits per heavy atom. The van der Waals surface area contributed by atoms with Crippen molar-refractivity contribution in [1.29, 1.82) is 0 Å². The molecule has 5 nitrogen and oxygen atoms in total. The summed E-state index contributed by atoms with van der Waals surface area (Å²) < 4.78 is 26.2. The lowest BCUT2D eigenvalue weighted by Crippen LogP contribution is -2.26. The van der Waals surface area contributed by atoms with Crippen LogP contribution in [0.3, 0.4) is 0 Å². The van der Waals surface area contributed by atoms with Gasteiger partial charge in [-0.25, -0.2) is 13.2 Å². The van der Waals surface area contributed by atoms with E-state index >= 15 is 0 Å². The molecule has 0 aliphatic carbocycles. The minimum atomic E-state index is -3.71. The van der Waals surface area contributed by atoms with Gasteiger partial charge in [-0.2, -0.15) is 4.31 Å². The van der Waals surface area contributed by atoms with E-state index in [2.05, 4.69) is 0 Å². The first-order chi connectivity index (χ1) is 9.82. The predicted molar refractivity (Wildman–Crippen MR) is 81.1 cm³/mol. The van der Waals surface area contributed by atoms with E-state index in [1.54, 1.807) is 0 Å². The molecule has 0 unspecified atom stereocenters. The van der Waals surface area contributed by atoms with Crippen molar-refractivity contribution in [3.05, 3.63) is 51.7 Å². The number of nitrogens with zero attached hydrogens (tertiary/aromatic N) is 1.